The number of halogens is 3. The van der Waals surface area contributed by atoms with Gasteiger partial charge in [-0.25, -0.2) is 4.98 Å². The molecule has 0 atom stereocenters. The van der Waals surface area contributed by atoms with Crippen molar-refractivity contribution in [3.05, 3.63) is 18.2 Å². The van der Waals surface area contributed by atoms with E-state index in [0.29, 0.717) is 0 Å². The maximum atomic E-state index is 11.9. The van der Waals surface area contributed by atoms with Gasteiger partial charge in [0.25, 0.3) is 0 Å². The first-order valence-corrected chi connectivity index (χ1v) is 4.68. The van der Waals surface area contributed by atoms with Crippen LogP contribution in [0, 0.1) is 0 Å². The number of nitrogens with one attached hydrogen (secondary N) is 1. The van der Waals surface area contributed by atoms with Crippen molar-refractivity contribution < 1.29 is 13.2 Å². The van der Waals surface area contributed by atoms with Crippen LogP contribution in [0.5, 0.6) is 0 Å². The molecule has 0 unspecified atom stereocenters. The van der Waals surface area contributed by atoms with E-state index in [-0.39, 0.29) is 12.6 Å². The van der Waals surface area contributed by atoms with Gasteiger partial charge >= 0.3 is 6.18 Å². The molecule has 0 saturated carbocycles. The third kappa shape index (κ3) is 3.91. The third-order valence-electron chi connectivity index (χ3n) is 1.93. The summed E-state index contributed by atoms with van der Waals surface area (Å²) in [5.74, 6) is 0. The summed E-state index contributed by atoms with van der Waals surface area (Å²) >= 11 is 0. The lowest BCUT2D eigenvalue weighted by Gasteiger charge is -2.13. The highest BCUT2D eigenvalue weighted by atomic mass is 19.4. The first-order valence-electron chi connectivity index (χ1n) is 4.68. The molecule has 1 N–H and O–H groups in total. The fourth-order valence-electron chi connectivity index (χ4n) is 1.27. The minimum atomic E-state index is -4.16. The van der Waals surface area contributed by atoms with E-state index in [1.165, 1.54) is 0 Å². The average molecular weight is 221 g/mol. The Labute approximate surface area is 86.3 Å². The van der Waals surface area contributed by atoms with Gasteiger partial charge in [-0.1, -0.05) is 0 Å². The summed E-state index contributed by atoms with van der Waals surface area (Å²) in [6, 6.07) is 0.204. The molecule has 1 aromatic heterocycles. The molecule has 0 bridgehead atoms. The van der Waals surface area contributed by atoms with E-state index in [4.69, 9.17) is 0 Å². The maximum Gasteiger partial charge on any atom is 0.401 e. The molecule has 1 heterocycles. The van der Waals surface area contributed by atoms with Crippen molar-refractivity contribution in [1.29, 1.82) is 0 Å². The molecule has 3 nitrogen and oxygen atoms in total. The topological polar surface area (TPSA) is 29.9 Å². The van der Waals surface area contributed by atoms with Gasteiger partial charge in [-0.3, -0.25) is 0 Å². The molecular weight excluding hydrogens is 207 g/mol. The van der Waals surface area contributed by atoms with Crippen molar-refractivity contribution in [3.63, 3.8) is 0 Å². The van der Waals surface area contributed by atoms with Gasteiger partial charge in [-0.15, -0.1) is 0 Å². The first-order chi connectivity index (χ1) is 6.90. The molecule has 86 valence electrons. The standard InChI is InChI=1S/C9H14F3N3/c1-7(2)15-6-14-4-8(15)3-13-5-9(10,11)12/h4,6-7,13H,3,5H2,1-2H3. The molecule has 0 amide bonds. The number of nitrogens with zero attached hydrogens (tertiary/aromatic N) is 2. The van der Waals surface area contributed by atoms with Crippen LogP contribution >= 0.6 is 0 Å². The van der Waals surface area contributed by atoms with Gasteiger partial charge in [-0.2, -0.15) is 13.2 Å². The molecule has 15 heavy (non-hydrogen) atoms. The number of alkyl halides is 3. The van der Waals surface area contributed by atoms with Crippen molar-refractivity contribution in [3.8, 4) is 0 Å². The Hall–Kier alpha value is -1.04. The summed E-state index contributed by atoms with van der Waals surface area (Å²) in [5.41, 5.74) is 0.759. The number of hydrogen-bond donors (Lipinski definition) is 1. The molecule has 0 saturated heterocycles. The van der Waals surface area contributed by atoms with E-state index >= 15 is 0 Å². The molecular formula is C9H14F3N3. The van der Waals surface area contributed by atoms with Crippen LogP contribution in [-0.2, 0) is 6.54 Å². The van der Waals surface area contributed by atoms with Crippen LogP contribution in [-0.4, -0.2) is 22.3 Å². The van der Waals surface area contributed by atoms with E-state index in [1.807, 2.05) is 18.4 Å². The SMILES string of the molecule is CC(C)n1cncc1CNCC(F)(F)F. The fourth-order valence-corrected chi connectivity index (χ4v) is 1.27. The second-order valence-corrected chi connectivity index (χ2v) is 3.60. The van der Waals surface area contributed by atoms with E-state index in [9.17, 15) is 13.2 Å². The molecule has 1 rings (SSSR count). The van der Waals surface area contributed by atoms with Crippen LogP contribution in [0.2, 0.25) is 0 Å². The molecule has 0 aromatic carbocycles. The zero-order valence-corrected chi connectivity index (χ0v) is 8.67. The molecule has 0 aliphatic carbocycles. The molecule has 0 spiro atoms. The quantitative estimate of drug-likeness (QED) is 0.844. The molecule has 0 fully saturated rings. The number of imidazole rings is 1. The van der Waals surface area contributed by atoms with Crippen molar-refractivity contribution in [2.45, 2.75) is 32.6 Å². The highest BCUT2D eigenvalue weighted by Gasteiger charge is 2.26. The van der Waals surface area contributed by atoms with Gasteiger partial charge in [0.1, 0.15) is 0 Å². The van der Waals surface area contributed by atoms with Gasteiger partial charge in [0, 0.05) is 18.8 Å². The van der Waals surface area contributed by atoms with Crippen molar-refractivity contribution >= 4 is 0 Å². The highest BCUT2D eigenvalue weighted by molar-refractivity contribution is 4.99. The van der Waals surface area contributed by atoms with Gasteiger partial charge < -0.3 is 9.88 Å². The second-order valence-electron chi connectivity index (χ2n) is 3.60. The van der Waals surface area contributed by atoms with E-state index in [2.05, 4.69) is 10.3 Å². The Kier molecular flexibility index (Phi) is 3.73. The van der Waals surface area contributed by atoms with Crippen LogP contribution in [0.1, 0.15) is 25.6 Å². The molecule has 0 aliphatic rings. The van der Waals surface area contributed by atoms with Crippen molar-refractivity contribution in [2.75, 3.05) is 6.54 Å². The van der Waals surface area contributed by atoms with Crippen molar-refractivity contribution in [1.82, 2.24) is 14.9 Å². The Morgan fingerprint density at radius 3 is 2.67 bits per heavy atom. The average Bonchev–Trinajstić information content (AvgIpc) is 2.49. The minimum Gasteiger partial charge on any atom is -0.331 e. The molecule has 0 aliphatic heterocycles. The van der Waals surface area contributed by atoms with E-state index in [0.717, 1.165) is 5.69 Å². The summed E-state index contributed by atoms with van der Waals surface area (Å²) in [4.78, 5) is 3.90. The molecule has 6 heteroatoms. The zero-order valence-electron chi connectivity index (χ0n) is 8.67. The number of rotatable bonds is 4. The first kappa shape index (κ1) is 12.0. The van der Waals surface area contributed by atoms with Gasteiger partial charge in [-0.05, 0) is 13.8 Å². The molecule has 1 aromatic rings. The summed E-state index contributed by atoms with van der Waals surface area (Å²) in [7, 11) is 0. The van der Waals surface area contributed by atoms with Crippen LogP contribution in [0.4, 0.5) is 13.2 Å². The maximum absolute atomic E-state index is 11.9. The predicted octanol–water partition coefficient (Wildman–Crippen LogP) is 2.12. The lowest BCUT2D eigenvalue weighted by molar-refractivity contribution is -0.125. The normalized spacial score (nSPS) is 12.4. The Bertz CT molecular complexity index is 304. The van der Waals surface area contributed by atoms with Gasteiger partial charge in [0.05, 0.1) is 18.6 Å². The molecule has 0 radical (unpaired) electrons. The third-order valence-corrected chi connectivity index (χ3v) is 1.93. The Morgan fingerprint density at radius 2 is 2.13 bits per heavy atom. The van der Waals surface area contributed by atoms with Crippen LogP contribution in [0.3, 0.4) is 0 Å². The van der Waals surface area contributed by atoms with Crippen LogP contribution in [0.25, 0.3) is 0 Å². The predicted molar refractivity (Wildman–Crippen MR) is 50.4 cm³/mol. The lowest BCUT2D eigenvalue weighted by Crippen LogP contribution is -2.29. The fraction of sp³-hybridized carbons (Fsp3) is 0.667. The van der Waals surface area contributed by atoms with E-state index in [1.54, 1.807) is 12.5 Å². The summed E-state index contributed by atoms with van der Waals surface area (Å²) < 4.78 is 37.4. The van der Waals surface area contributed by atoms with Crippen LogP contribution in [0.15, 0.2) is 12.5 Å². The summed E-state index contributed by atoms with van der Waals surface area (Å²) in [6.45, 7) is 3.11. The summed E-state index contributed by atoms with van der Waals surface area (Å²) in [5, 5.41) is 2.34. The smallest absolute Gasteiger partial charge is 0.331 e. The second kappa shape index (κ2) is 4.65. The van der Waals surface area contributed by atoms with Crippen LogP contribution < -0.4 is 5.32 Å². The Balaban J connectivity index is 2.47. The number of aromatic nitrogens is 2. The zero-order chi connectivity index (χ0) is 11.5. The van der Waals surface area contributed by atoms with Gasteiger partial charge in [0.2, 0.25) is 0 Å². The van der Waals surface area contributed by atoms with Gasteiger partial charge in [0.15, 0.2) is 0 Å². The van der Waals surface area contributed by atoms with E-state index < -0.39 is 12.7 Å². The summed E-state index contributed by atoms with van der Waals surface area (Å²) in [6.07, 6.45) is -0.971. The number of hydrogen-bond acceptors (Lipinski definition) is 2. The largest absolute Gasteiger partial charge is 0.401 e. The monoisotopic (exact) mass is 221 g/mol. The van der Waals surface area contributed by atoms with Crippen molar-refractivity contribution in [2.24, 2.45) is 0 Å². The highest BCUT2D eigenvalue weighted by Crippen LogP contribution is 2.13. The lowest BCUT2D eigenvalue weighted by atomic mass is 10.3. The minimum absolute atomic E-state index is 0.178. The Morgan fingerprint density at radius 1 is 1.47 bits per heavy atom.